The molecule has 0 spiro atoms. The minimum absolute atomic E-state index is 0.391. The van der Waals surface area contributed by atoms with Crippen LogP contribution in [0.2, 0.25) is 0 Å². The van der Waals surface area contributed by atoms with Gasteiger partial charge in [-0.2, -0.15) is 0 Å². The first-order valence-electron chi connectivity index (χ1n) is 5.42. The number of likely N-dealkylation sites (tertiary alicyclic amines) is 1. The molecule has 0 bridgehead atoms. The first kappa shape index (κ1) is 11.0. The van der Waals surface area contributed by atoms with E-state index in [9.17, 15) is 5.11 Å². The topological polar surface area (TPSA) is 23.5 Å². The van der Waals surface area contributed by atoms with Crippen molar-refractivity contribution in [2.45, 2.75) is 52.2 Å². The Labute approximate surface area is 81.9 Å². The summed E-state index contributed by atoms with van der Waals surface area (Å²) in [4.78, 5) is 2.44. The second kappa shape index (κ2) is 3.97. The van der Waals surface area contributed by atoms with Crippen LogP contribution in [0.4, 0.5) is 0 Å². The van der Waals surface area contributed by atoms with Crippen molar-refractivity contribution in [1.82, 2.24) is 4.90 Å². The Morgan fingerprint density at radius 1 is 1.08 bits per heavy atom. The highest BCUT2D eigenvalue weighted by atomic mass is 16.3. The molecule has 0 amide bonds. The predicted octanol–water partition coefficient (Wildman–Crippen LogP) is 1.88. The van der Waals surface area contributed by atoms with Gasteiger partial charge in [-0.25, -0.2) is 0 Å². The fourth-order valence-electron chi connectivity index (χ4n) is 2.00. The summed E-state index contributed by atoms with van der Waals surface area (Å²) in [5, 5.41) is 10.2. The summed E-state index contributed by atoms with van der Waals surface area (Å²) >= 11 is 0. The molecule has 0 aromatic carbocycles. The Balaban J connectivity index is 2.47. The zero-order valence-corrected chi connectivity index (χ0v) is 9.38. The van der Waals surface area contributed by atoms with Crippen molar-refractivity contribution in [3.63, 3.8) is 0 Å². The number of aliphatic hydroxyl groups is 1. The van der Waals surface area contributed by atoms with Gasteiger partial charge in [0.05, 0.1) is 5.60 Å². The molecule has 0 aromatic heterocycles. The van der Waals surface area contributed by atoms with Crippen LogP contribution in [0.1, 0.15) is 40.5 Å². The van der Waals surface area contributed by atoms with Gasteiger partial charge in [0.25, 0.3) is 0 Å². The van der Waals surface area contributed by atoms with Gasteiger partial charge in [0, 0.05) is 19.1 Å². The Morgan fingerprint density at radius 2 is 1.54 bits per heavy atom. The lowest BCUT2D eigenvalue weighted by Gasteiger charge is -2.42. The molecule has 1 N–H and O–H groups in total. The summed E-state index contributed by atoms with van der Waals surface area (Å²) < 4.78 is 0. The van der Waals surface area contributed by atoms with Crippen LogP contribution < -0.4 is 0 Å². The van der Waals surface area contributed by atoms with Crippen molar-refractivity contribution in [2.24, 2.45) is 5.92 Å². The number of rotatable bonds is 2. The minimum atomic E-state index is -0.397. The Hall–Kier alpha value is -0.0800. The molecule has 0 aromatic rings. The molecule has 0 saturated carbocycles. The largest absolute Gasteiger partial charge is 0.390 e. The average molecular weight is 185 g/mol. The second-order valence-electron chi connectivity index (χ2n) is 4.89. The SMILES string of the molecule is CC(C)N1CCC(O)(C(C)C)CC1. The summed E-state index contributed by atoms with van der Waals surface area (Å²) in [5.74, 6) is 0.391. The molecular formula is C11H23NO. The number of hydrogen-bond donors (Lipinski definition) is 1. The van der Waals surface area contributed by atoms with Gasteiger partial charge in [-0.15, -0.1) is 0 Å². The summed E-state index contributed by atoms with van der Waals surface area (Å²) in [7, 11) is 0. The fraction of sp³-hybridized carbons (Fsp3) is 1.00. The van der Waals surface area contributed by atoms with Crippen LogP contribution in [-0.4, -0.2) is 34.7 Å². The van der Waals surface area contributed by atoms with E-state index >= 15 is 0 Å². The molecule has 0 radical (unpaired) electrons. The van der Waals surface area contributed by atoms with E-state index in [-0.39, 0.29) is 0 Å². The van der Waals surface area contributed by atoms with Crippen LogP contribution >= 0.6 is 0 Å². The van der Waals surface area contributed by atoms with Gasteiger partial charge >= 0.3 is 0 Å². The van der Waals surface area contributed by atoms with E-state index in [2.05, 4.69) is 32.6 Å². The lowest BCUT2D eigenvalue weighted by Crippen LogP contribution is -2.49. The van der Waals surface area contributed by atoms with Crippen LogP contribution in [0.25, 0.3) is 0 Å². The van der Waals surface area contributed by atoms with Gasteiger partial charge in [0.15, 0.2) is 0 Å². The smallest absolute Gasteiger partial charge is 0.0694 e. The third-order valence-corrected chi connectivity index (χ3v) is 3.47. The maximum Gasteiger partial charge on any atom is 0.0694 e. The molecule has 0 atom stereocenters. The maximum atomic E-state index is 10.2. The van der Waals surface area contributed by atoms with Crippen LogP contribution in [0.5, 0.6) is 0 Å². The highest BCUT2D eigenvalue weighted by Gasteiger charge is 2.35. The van der Waals surface area contributed by atoms with Crippen molar-refractivity contribution in [2.75, 3.05) is 13.1 Å². The predicted molar refractivity (Wildman–Crippen MR) is 55.7 cm³/mol. The van der Waals surface area contributed by atoms with E-state index < -0.39 is 5.60 Å². The summed E-state index contributed by atoms with van der Waals surface area (Å²) in [5.41, 5.74) is -0.397. The minimum Gasteiger partial charge on any atom is -0.390 e. The van der Waals surface area contributed by atoms with E-state index in [0.29, 0.717) is 12.0 Å². The molecular weight excluding hydrogens is 162 g/mol. The molecule has 1 aliphatic heterocycles. The van der Waals surface area contributed by atoms with Crippen LogP contribution in [0.15, 0.2) is 0 Å². The van der Waals surface area contributed by atoms with E-state index in [1.165, 1.54) is 0 Å². The maximum absolute atomic E-state index is 10.2. The van der Waals surface area contributed by atoms with Crippen molar-refractivity contribution in [1.29, 1.82) is 0 Å². The molecule has 2 heteroatoms. The van der Waals surface area contributed by atoms with E-state index in [1.54, 1.807) is 0 Å². The van der Waals surface area contributed by atoms with Crippen LogP contribution in [-0.2, 0) is 0 Å². The Morgan fingerprint density at radius 3 is 1.85 bits per heavy atom. The number of nitrogens with zero attached hydrogens (tertiary/aromatic N) is 1. The first-order valence-corrected chi connectivity index (χ1v) is 5.42. The summed E-state index contributed by atoms with van der Waals surface area (Å²) in [6.07, 6.45) is 1.87. The molecule has 1 aliphatic rings. The van der Waals surface area contributed by atoms with Gasteiger partial charge in [0.1, 0.15) is 0 Å². The quantitative estimate of drug-likeness (QED) is 0.710. The van der Waals surface area contributed by atoms with Gasteiger partial charge in [-0.05, 0) is 32.6 Å². The zero-order valence-electron chi connectivity index (χ0n) is 9.38. The lowest BCUT2D eigenvalue weighted by atomic mass is 9.81. The third-order valence-electron chi connectivity index (χ3n) is 3.47. The van der Waals surface area contributed by atoms with Gasteiger partial charge < -0.3 is 10.0 Å². The van der Waals surface area contributed by atoms with Crippen molar-refractivity contribution in [3.05, 3.63) is 0 Å². The van der Waals surface area contributed by atoms with E-state index in [1.807, 2.05) is 0 Å². The Bertz CT molecular complexity index is 157. The molecule has 2 nitrogen and oxygen atoms in total. The molecule has 1 fully saturated rings. The third kappa shape index (κ3) is 2.44. The van der Waals surface area contributed by atoms with E-state index in [0.717, 1.165) is 25.9 Å². The number of piperidine rings is 1. The van der Waals surface area contributed by atoms with Crippen molar-refractivity contribution < 1.29 is 5.11 Å². The lowest BCUT2D eigenvalue weighted by molar-refractivity contribution is -0.0613. The molecule has 13 heavy (non-hydrogen) atoms. The second-order valence-corrected chi connectivity index (χ2v) is 4.89. The molecule has 78 valence electrons. The van der Waals surface area contributed by atoms with E-state index in [4.69, 9.17) is 0 Å². The van der Waals surface area contributed by atoms with Gasteiger partial charge in [-0.1, -0.05) is 13.8 Å². The normalized spacial score (nSPS) is 24.2. The van der Waals surface area contributed by atoms with Crippen molar-refractivity contribution >= 4 is 0 Å². The van der Waals surface area contributed by atoms with Gasteiger partial charge in [-0.3, -0.25) is 0 Å². The highest BCUT2D eigenvalue weighted by molar-refractivity contribution is 4.88. The summed E-state index contributed by atoms with van der Waals surface area (Å²) in [6.45, 7) is 10.8. The first-order chi connectivity index (χ1) is 5.96. The highest BCUT2D eigenvalue weighted by Crippen LogP contribution is 2.29. The Kier molecular flexibility index (Phi) is 3.36. The monoisotopic (exact) mass is 185 g/mol. The van der Waals surface area contributed by atoms with Crippen LogP contribution in [0.3, 0.4) is 0 Å². The van der Waals surface area contributed by atoms with Crippen molar-refractivity contribution in [3.8, 4) is 0 Å². The summed E-state index contributed by atoms with van der Waals surface area (Å²) in [6, 6.07) is 0.622. The van der Waals surface area contributed by atoms with Crippen LogP contribution in [0, 0.1) is 5.92 Å². The van der Waals surface area contributed by atoms with Gasteiger partial charge in [0.2, 0.25) is 0 Å². The fourth-order valence-corrected chi connectivity index (χ4v) is 2.00. The molecule has 1 heterocycles. The standard InChI is InChI=1S/C11H23NO/c1-9(2)11(13)5-7-12(8-6-11)10(3)4/h9-10,13H,5-8H2,1-4H3. The molecule has 1 saturated heterocycles. The average Bonchev–Trinajstić information content (AvgIpc) is 2.04. The molecule has 0 aliphatic carbocycles. The molecule has 0 unspecified atom stereocenters. The molecule has 1 rings (SSSR count). The zero-order chi connectivity index (χ0) is 10.1. The number of hydrogen-bond acceptors (Lipinski definition) is 2.